The maximum Gasteiger partial charge on any atom is 0.282 e. The van der Waals surface area contributed by atoms with Gasteiger partial charge in [0.1, 0.15) is 22.9 Å². The quantitative estimate of drug-likeness (QED) is 0.717. The standard InChI is InChI=1S/C20H18FN5O3/c1-11-14-6-13(21)5-12-7-20(10-28-2,29-17(12)14)9-22-19(27)15-8-23-26-4-3-16(24-11)25-18(15)26/h3-6,8-9,11H,7,10H2,1-2H3,(H,24,25)/t11-,20-/m1/s1. The fraction of sp³-hybridized carbons (Fsp3) is 0.300. The van der Waals surface area contributed by atoms with Crippen molar-refractivity contribution < 1.29 is 18.7 Å². The fourth-order valence-electron chi connectivity index (χ4n) is 3.89. The topological polar surface area (TPSA) is 90.1 Å². The van der Waals surface area contributed by atoms with Crippen molar-refractivity contribution in [1.29, 1.82) is 0 Å². The van der Waals surface area contributed by atoms with E-state index in [1.165, 1.54) is 29.1 Å². The predicted molar refractivity (Wildman–Crippen MR) is 103 cm³/mol. The van der Waals surface area contributed by atoms with Crippen molar-refractivity contribution in [3.63, 3.8) is 0 Å². The molecular weight excluding hydrogens is 377 g/mol. The van der Waals surface area contributed by atoms with Gasteiger partial charge >= 0.3 is 0 Å². The number of benzene rings is 1. The van der Waals surface area contributed by atoms with Crippen molar-refractivity contribution in [2.75, 3.05) is 19.0 Å². The maximum absolute atomic E-state index is 14.4. The summed E-state index contributed by atoms with van der Waals surface area (Å²) in [5, 5.41) is 7.43. The first-order valence-electron chi connectivity index (χ1n) is 9.19. The van der Waals surface area contributed by atoms with Crippen molar-refractivity contribution in [3.05, 3.63) is 53.1 Å². The maximum atomic E-state index is 14.4. The van der Waals surface area contributed by atoms with Gasteiger partial charge in [0, 0.05) is 30.9 Å². The molecule has 1 N–H and O–H groups in total. The first-order valence-corrected chi connectivity index (χ1v) is 9.19. The lowest BCUT2D eigenvalue weighted by Gasteiger charge is -2.24. The lowest BCUT2D eigenvalue weighted by Crippen LogP contribution is -2.41. The molecule has 0 unspecified atom stereocenters. The monoisotopic (exact) mass is 395 g/mol. The van der Waals surface area contributed by atoms with Crippen molar-refractivity contribution in [1.82, 2.24) is 14.6 Å². The molecule has 148 valence electrons. The van der Waals surface area contributed by atoms with Gasteiger partial charge in [-0.2, -0.15) is 5.10 Å². The van der Waals surface area contributed by atoms with E-state index in [1.54, 1.807) is 19.4 Å². The molecule has 2 atom stereocenters. The van der Waals surface area contributed by atoms with Crippen LogP contribution in [0.25, 0.3) is 5.65 Å². The van der Waals surface area contributed by atoms with Crippen molar-refractivity contribution in [2.45, 2.75) is 25.0 Å². The molecule has 0 aliphatic carbocycles. The molecule has 4 heterocycles. The number of aromatic nitrogens is 3. The highest BCUT2D eigenvalue weighted by Crippen LogP contribution is 2.41. The second-order valence-corrected chi connectivity index (χ2v) is 7.33. The smallest absolute Gasteiger partial charge is 0.282 e. The number of nitrogens with zero attached hydrogens (tertiary/aromatic N) is 4. The molecule has 0 fully saturated rings. The number of fused-ring (bicyclic) bond motifs is 2. The van der Waals surface area contributed by atoms with Gasteiger partial charge in [-0.05, 0) is 25.1 Å². The molecule has 4 bridgehead atoms. The molecule has 2 aliphatic heterocycles. The largest absolute Gasteiger partial charge is 0.478 e. The number of amides is 1. The van der Waals surface area contributed by atoms with E-state index < -0.39 is 11.5 Å². The second-order valence-electron chi connectivity index (χ2n) is 7.33. The van der Waals surface area contributed by atoms with Crippen LogP contribution in [-0.2, 0) is 11.2 Å². The van der Waals surface area contributed by atoms with Gasteiger partial charge in [-0.1, -0.05) is 0 Å². The molecule has 0 saturated carbocycles. The first-order chi connectivity index (χ1) is 14.0. The number of methoxy groups -OCH3 is 1. The normalized spacial score (nSPS) is 22.7. The van der Waals surface area contributed by atoms with Crippen LogP contribution in [-0.4, -0.2) is 46.0 Å². The Morgan fingerprint density at radius 2 is 2.31 bits per heavy atom. The highest BCUT2D eigenvalue weighted by atomic mass is 19.1. The summed E-state index contributed by atoms with van der Waals surface area (Å²) in [6, 6.07) is 4.34. The van der Waals surface area contributed by atoms with Crippen LogP contribution in [0.5, 0.6) is 5.75 Å². The summed E-state index contributed by atoms with van der Waals surface area (Å²) < 4.78 is 27.4. The number of aliphatic imine (C=N–C) groups is 1. The molecular formula is C20H18FN5O3. The minimum Gasteiger partial charge on any atom is -0.478 e. The number of carbonyl (C=O) groups is 1. The number of halogens is 1. The zero-order chi connectivity index (χ0) is 20.2. The number of carbonyl (C=O) groups excluding carboxylic acids is 1. The van der Waals surface area contributed by atoms with Gasteiger partial charge in [-0.25, -0.2) is 18.9 Å². The third-order valence-electron chi connectivity index (χ3n) is 5.19. The molecule has 0 saturated heterocycles. The van der Waals surface area contributed by atoms with E-state index in [4.69, 9.17) is 9.47 Å². The summed E-state index contributed by atoms with van der Waals surface area (Å²) in [6.45, 7) is 2.06. The van der Waals surface area contributed by atoms with Gasteiger partial charge in [0.05, 0.1) is 25.1 Å². The minimum absolute atomic E-state index is 0.163. The van der Waals surface area contributed by atoms with Gasteiger partial charge in [0.15, 0.2) is 11.2 Å². The van der Waals surface area contributed by atoms with Gasteiger partial charge in [0.25, 0.3) is 5.91 Å². The van der Waals surface area contributed by atoms with Gasteiger partial charge < -0.3 is 14.8 Å². The second kappa shape index (κ2) is 6.35. The van der Waals surface area contributed by atoms with Gasteiger partial charge in [0.2, 0.25) is 0 Å². The lowest BCUT2D eigenvalue weighted by molar-refractivity contribution is 0.0583. The van der Waals surface area contributed by atoms with E-state index in [-0.39, 0.29) is 24.0 Å². The molecule has 3 aromatic rings. The number of nitrogens with one attached hydrogen (secondary N) is 1. The number of rotatable bonds is 2. The van der Waals surface area contributed by atoms with E-state index in [0.717, 1.165) is 0 Å². The summed E-state index contributed by atoms with van der Waals surface area (Å²) in [5.74, 6) is 0.261. The summed E-state index contributed by atoms with van der Waals surface area (Å²) in [5.41, 5.74) is 1.04. The van der Waals surface area contributed by atoms with Crippen molar-refractivity contribution in [3.8, 4) is 5.75 Å². The van der Waals surface area contributed by atoms with E-state index in [0.29, 0.717) is 34.8 Å². The molecule has 0 radical (unpaired) electrons. The molecule has 1 aromatic carbocycles. The number of hydrogen-bond acceptors (Lipinski definition) is 6. The van der Waals surface area contributed by atoms with E-state index >= 15 is 0 Å². The molecule has 29 heavy (non-hydrogen) atoms. The van der Waals surface area contributed by atoms with Crippen LogP contribution in [0, 0.1) is 5.82 Å². The molecule has 0 spiro atoms. The average Bonchev–Trinajstić information content (AvgIpc) is 3.26. The molecule has 2 aliphatic rings. The van der Waals surface area contributed by atoms with E-state index in [2.05, 4.69) is 20.4 Å². The van der Waals surface area contributed by atoms with Crippen LogP contribution < -0.4 is 10.1 Å². The Labute approximate surface area is 165 Å². The summed E-state index contributed by atoms with van der Waals surface area (Å²) in [4.78, 5) is 21.4. The highest BCUT2D eigenvalue weighted by molar-refractivity contribution is 6.04. The van der Waals surface area contributed by atoms with Crippen LogP contribution in [0.1, 0.15) is 34.5 Å². The Balaban J connectivity index is 1.72. The molecule has 2 aromatic heterocycles. The molecule has 1 amide bonds. The first kappa shape index (κ1) is 17.7. The van der Waals surface area contributed by atoms with Crippen LogP contribution in [0.4, 0.5) is 10.2 Å². The molecule has 9 heteroatoms. The Hall–Kier alpha value is -3.33. The van der Waals surface area contributed by atoms with E-state index in [9.17, 15) is 9.18 Å². The summed E-state index contributed by atoms with van der Waals surface area (Å²) >= 11 is 0. The minimum atomic E-state index is -0.999. The Morgan fingerprint density at radius 3 is 3.14 bits per heavy atom. The molecule has 5 rings (SSSR count). The lowest BCUT2D eigenvalue weighted by atomic mass is 9.96. The van der Waals surface area contributed by atoms with Gasteiger partial charge in [-0.3, -0.25) is 4.79 Å². The fourth-order valence-corrected chi connectivity index (χ4v) is 3.89. The zero-order valence-electron chi connectivity index (χ0n) is 15.8. The highest BCUT2D eigenvalue weighted by Gasteiger charge is 2.41. The Bertz CT molecular complexity index is 1170. The number of hydrogen-bond donors (Lipinski definition) is 1. The average molecular weight is 395 g/mol. The van der Waals surface area contributed by atoms with Crippen LogP contribution in [0.15, 0.2) is 35.6 Å². The van der Waals surface area contributed by atoms with Crippen LogP contribution in [0.3, 0.4) is 0 Å². The summed E-state index contributed by atoms with van der Waals surface area (Å²) in [7, 11) is 1.54. The molecule has 8 nitrogen and oxygen atoms in total. The number of anilines is 1. The zero-order valence-corrected chi connectivity index (χ0v) is 15.8. The Kier molecular flexibility index (Phi) is 3.88. The van der Waals surface area contributed by atoms with E-state index in [1.807, 2.05) is 6.92 Å². The van der Waals surface area contributed by atoms with Crippen LogP contribution >= 0.6 is 0 Å². The van der Waals surface area contributed by atoms with Gasteiger partial charge in [-0.15, -0.1) is 0 Å². The van der Waals surface area contributed by atoms with Crippen molar-refractivity contribution in [2.24, 2.45) is 4.99 Å². The third kappa shape index (κ3) is 2.85. The third-order valence-corrected chi connectivity index (χ3v) is 5.19. The Morgan fingerprint density at radius 1 is 1.45 bits per heavy atom. The van der Waals surface area contributed by atoms with Crippen molar-refractivity contribution >= 4 is 23.6 Å². The predicted octanol–water partition coefficient (Wildman–Crippen LogP) is 2.59. The number of ether oxygens (including phenoxy) is 2. The van der Waals surface area contributed by atoms with Crippen LogP contribution in [0.2, 0.25) is 0 Å². The summed E-state index contributed by atoms with van der Waals surface area (Å²) in [6.07, 6.45) is 4.93. The SMILES string of the molecule is COC[C@@]12C=NC(=O)c3cnn4ccc(nc34)N[C@H](C)c3cc(F)cc(c3O1)C2.